The van der Waals surface area contributed by atoms with E-state index in [4.69, 9.17) is 5.73 Å². The van der Waals surface area contributed by atoms with Crippen LogP contribution in [0.3, 0.4) is 0 Å². The Hall–Kier alpha value is -1.92. The Kier molecular flexibility index (Phi) is 5.06. The van der Waals surface area contributed by atoms with Gasteiger partial charge in [-0.25, -0.2) is 4.39 Å². The number of nitrogens with two attached hydrogens (primary N) is 1. The van der Waals surface area contributed by atoms with Gasteiger partial charge in [0.1, 0.15) is 11.5 Å². The van der Waals surface area contributed by atoms with Crippen molar-refractivity contribution in [3.63, 3.8) is 0 Å². The van der Waals surface area contributed by atoms with Gasteiger partial charge in [-0.2, -0.15) is 5.10 Å². The lowest BCUT2D eigenvalue weighted by atomic mass is 9.90. The number of rotatable bonds is 3. The first kappa shape index (κ1) is 17.4. The number of aromatic amines is 1. The van der Waals surface area contributed by atoms with Gasteiger partial charge < -0.3 is 10.6 Å². The summed E-state index contributed by atoms with van der Waals surface area (Å²) in [7, 11) is 0. The number of amides is 1. The van der Waals surface area contributed by atoms with Crippen molar-refractivity contribution in [1.82, 2.24) is 15.1 Å². The van der Waals surface area contributed by atoms with Gasteiger partial charge in [0.2, 0.25) is 0 Å². The SMILES string of the molecule is CC1(CN)CCN(C(=O)c2cc(-c3ccc(F)cc3)n[nH]2)C1.Cl. The molecule has 124 valence electrons. The van der Waals surface area contributed by atoms with Crippen LogP contribution in [0.15, 0.2) is 30.3 Å². The zero-order valence-corrected chi connectivity index (χ0v) is 13.7. The molecule has 1 aromatic heterocycles. The number of hydrogen-bond donors (Lipinski definition) is 2. The van der Waals surface area contributed by atoms with Crippen molar-refractivity contribution in [1.29, 1.82) is 0 Å². The third-order valence-corrected chi connectivity index (χ3v) is 4.29. The van der Waals surface area contributed by atoms with E-state index in [1.807, 2.05) is 0 Å². The van der Waals surface area contributed by atoms with E-state index in [2.05, 4.69) is 17.1 Å². The molecule has 1 aromatic carbocycles. The molecule has 1 aliphatic heterocycles. The average molecular weight is 339 g/mol. The minimum atomic E-state index is -0.297. The van der Waals surface area contributed by atoms with Crippen LogP contribution in [0.25, 0.3) is 11.3 Å². The highest BCUT2D eigenvalue weighted by Gasteiger charge is 2.35. The molecule has 0 bridgehead atoms. The Morgan fingerprint density at radius 3 is 2.74 bits per heavy atom. The Labute approximate surface area is 140 Å². The van der Waals surface area contributed by atoms with Crippen LogP contribution < -0.4 is 5.73 Å². The monoisotopic (exact) mass is 338 g/mol. The Morgan fingerprint density at radius 1 is 1.43 bits per heavy atom. The van der Waals surface area contributed by atoms with Crippen molar-refractivity contribution in [2.75, 3.05) is 19.6 Å². The molecule has 0 aliphatic carbocycles. The molecule has 2 heterocycles. The molecule has 3 rings (SSSR count). The quantitative estimate of drug-likeness (QED) is 0.902. The summed E-state index contributed by atoms with van der Waals surface area (Å²) in [6, 6.07) is 7.73. The zero-order chi connectivity index (χ0) is 15.7. The first-order chi connectivity index (χ1) is 10.5. The molecule has 0 saturated carbocycles. The molecule has 0 spiro atoms. The molecule has 7 heteroatoms. The zero-order valence-electron chi connectivity index (χ0n) is 12.9. The molecule has 1 saturated heterocycles. The van der Waals surface area contributed by atoms with Crippen molar-refractivity contribution in [3.05, 3.63) is 41.8 Å². The number of halogens is 2. The molecule has 1 amide bonds. The predicted molar refractivity (Wildman–Crippen MR) is 88.9 cm³/mol. The van der Waals surface area contributed by atoms with Crippen molar-refractivity contribution in [3.8, 4) is 11.3 Å². The number of nitrogens with one attached hydrogen (secondary N) is 1. The second-order valence-electron chi connectivity index (χ2n) is 6.17. The van der Waals surface area contributed by atoms with Gasteiger partial charge in [-0.3, -0.25) is 9.89 Å². The molecule has 5 nitrogen and oxygen atoms in total. The highest BCUT2D eigenvalue weighted by molar-refractivity contribution is 5.93. The van der Waals surface area contributed by atoms with Crippen LogP contribution in [0.4, 0.5) is 4.39 Å². The summed E-state index contributed by atoms with van der Waals surface area (Å²) in [6.07, 6.45) is 0.911. The average Bonchev–Trinajstić information content (AvgIpc) is 3.15. The number of benzene rings is 1. The van der Waals surface area contributed by atoms with E-state index in [9.17, 15) is 9.18 Å². The number of H-pyrrole nitrogens is 1. The maximum Gasteiger partial charge on any atom is 0.271 e. The number of carbonyl (C=O) groups is 1. The number of nitrogens with zero attached hydrogens (tertiary/aromatic N) is 2. The van der Waals surface area contributed by atoms with Crippen LogP contribution in [-0.4, -0.2) is 40.6 Å². The number of aromatic nitrogens is 2. The lowest BCUT2D eigenvalue weighted by Crippen LogP contribution is -2.34. The topological polar surface area (TPSA) is 75.0 Å². The molecule has 0 radical (unpaired) electrons. The van der Waals surface area contributed by atoms with Crippen LogP contribution in [0.5, 0.6) is 0 Å². The lowest BCUT2D eigenvalue weighted by Gasteiger charge is -2.22. The largest absolute Gasteiger partial charge is 0.337 e. The molecular weight excluding hydrogens is 319 g/mol. The fourth-order valence-electron chi connectivity index (χ4n) is 2.73. The summed E-state index contributed by atoms with van der Waals surface area (Å²) >= 11 is 0. The van der Waals surface area contributed by atoms with E-state index in [0.717, 1.165) is 12.0 Å². The first-order valence-electron chi connectivity index (χ1n) is 7.31. The molecule has 3 N–H and O–H groups in total. The van der Waals surface area contributed by atoms with Crippen molar-refractivity contribution in [2.24, 2.45) is 11.1 Å². The van der Waals surface area contributed by atoms with E-state index in [1.54, 1.807) is 23.1 Å². The fraction of sp³-hybridized carbons (Fsp3) is 0.375. The summed E-state index contributed by atoms with van der Waals surface area (Å²) < 4.78 is 12.9. The van der Waals surface area contributed by atoms with Gasteiger partial charge in [0.15, 0.2) is 0 Å². The molecule has 1 aliphatic rings. The molecule has 2 aromatic rings. The lowest BCUT2D eigenvalue weighted by molar-refractivity contribution is 0.0771. The standard InChI is InChI=1S/C16H19FN4O.ClH/c1-16(9-18)6-7-21(10-16)15(22)14-8-13(19-20-14)11-2-4-12(17)5-3-11;/h2-5,8H,6-7,9-10,18H2,1H3,(H,19,20);1H. The Morgan fingerprint density at radius 2 is 2.13 bits per heavy atom. The van der Waals surface area contributed by atoms with Gasteiger partial charge in [-0.1, -0.05) is 6.92 Å². The third-order valence-electron chi connectivity index (χ3n) is 4.29. The van der Waals surface area contributed by atoms with Crippen LogP contribution >= 0.6 is 12.4 Å². The summed E-state index contributed by atoms with van der Waals surface area (Å²) in [6.45, 7) is 4.03. The van der Waals surface area contributed by atoms with Gasteiger partial charge in [0.05, 0.1) is 5.69 Å². The minimum Gasteiger partial charge on any atom is -0.337 e. The van der Waals surface area contributed by atoms with E-state index in [0.29, 0.717) is 31.0 Å². The number of carbonyl (C=O) groups excluding carboxylic acids is 1. The summed E-state index contributed by atoms with van der Waals surface area (Å²) in [4.78, 5) is 14.3. The fourth-order valence-corrected chi connectivity index (χ4v) is 2.73. The summed E-state index contributed by atoms with van der Waals surface area (Å²) in [5.41, 5.74) is 7.61. The van der Waals surface area contributed by atoms with Gasteiger partial charge in [0, 0.05) is 18.7 Å². The van der Waals surface area contributed by atoms with Gasteiger partial charge in [-0.15, -0.1) is 12.4 Å². The third kappa shape index (κ3) is 3.54. The highest BCUT2D eigenvalue weighted by atomic mass is 35.5. The Balaban J connectivity index is 0.00000192. The highest BCUT2D eigenvalue weighted by Crippen LogP contribution is 2.29. The van der Waals surface area contributed by atoms with Gasteiger partial charge in [0.25, 0.3) is 5.91 Å². The predicted octanol–water partition coefficient (Wildman–Crippen LogP) is 2.45. The minimum absolute atomic E-state index is 0. The second kappa shape index (κ2) is 6.68. The summed E-state index contributed by atoms with van der Waals surface area (Å²) in [5.74, 6) is -0.369. The van der Waals surface area contributed by atoms with Crippen LogP contribution in [0, 0.1) is 11.2 Å². The molecular formula is C16H20ClFN4O. The molecule has 1 unspecified atom stereocenters. The molecule has 23 heavy (non-hydrogen) atoms. The van der Waals surface area contributed by atoms with E-state index in [1.165, 1.54) is 12.1 Å². The van der Waals surface area contributed by atoms with E-state index in [-0.39, 0.29) is 29.5 Å². The van der Waals surface area contributed by atoms with Gasteiger partial charge in [-0.05, 0) is 48.7 Å². The van der Waals surface area contributed by atoms with E-state index < -0.39 is 0 Å². The smallest absolute Gasteiger partial charge is 0.271 e. The Bertz CT molecular complexity index is 688. The maximum absolute atomic E-state index is 12.9. The van der Waals surface area contributed by atoms with Crippen molar-refractivity contribution >= 4 is 18.3 Å². The van der Waals surface area contributed by atoms with Crippen LogP contribution in [-0.2, 0) is 0 Å². The van der Waals surface area contributed by atoms with E-state index >= 15 is 0 Å². The van der Waals surface area contributed by atoms with Crippen LogP contribution in [0.2, 0.25) is 0 Å². The van der Waals surface area contributed by atoms with Crippen LogP contribution in [0.1, 0.15) is 23.8 Å². The number of hydrogen-bond acceptors (Lipinski definition) is 3. The molecule has 1 atom stereocenters. The normalized spacial score (nSPS) is 20.4. The first-order valence-corrected chi connectivity index (χ1v) is 7.31. The number of likely N-dealkylation sites (tertiary alicyclic amines) is 1. The van der Waals surface area contributed by atoms with Crippen molar-refractivity contribution < 1.29 is 9.18 Å². The van der Waals surface area contributed by atoms with Gasteiger partial charge >= 0.3 is 0 Å². The van der Waals surface area contributed by atoms with Crippen molar-refractivity contribution in [2.45, 2.75) is 13.3 Å². The molecule has 1 fully saturated rings. The maximum atomic E-state index is 12.9. The second-order valence-corrected chi connectivity index (χ2v) is 6.17. The summed E-state index contributed by atoms with van der Waals surface area (Å²) in [5, 5.41) is 6.92.